The lowest BCUT2D eigenvalue weighted by Gasteiger charge is -2.37. The van der Waals surface area contributed by atoms with Crippen molar-refractivity contribution in [3.63, 3.8) is 0 Å². The molecule has 6 rings (SSSR count). The van der Waals surface area contributed by atoms with Gasteiger partial charge in [-0.05, 0) is 48.3 Å². The summed E-state index contributed by atoms with van der Waals surface area (Å²) in [5.74, 6) is -5.08. The van der Waals surface area contributed by atoms with Crippen molar-refractivity contribution in [2.45, 2.75) is 18.8 Å². The highest BCUT2D eigenvalue weighted by atomic mass is 19.4. The van der Waals surface area contributed by atoms with Crippen LogP contribution in [0, 0.1) is 35.5 Å². The predicted octanol–water partition coefficient (Wildman–Crippen LogP) is 3.61. The molecule has 1 saturated heterocycles. The summed E-state index contributed by atoms with van der Waals surface area (Å²) >= 11 is 0. The van der Waals surface area contributed by atoms with E-state index in [1.54, 1.807) is 0 Å². The van der Waals surface area contributed by atoms with E-state index in [1.165, 1.54) is 0 Å². The average molecular weight is 458 g/mol. The molecular weight excluding hydrogens is 442 g/mol. The van der Waals surface area contributed by atoms with Crippen LogP contribution in [0.3, 0.4) is 0 Å². The normalized spacial score (nSPS) is 32.8. The number of allylic oxidation sites excluding steroid dienone is 2. The summed E-state index contributed by atoms with van der Waals surface area (Å²) in [7, 11) is 0. The third-order valence-electron chi connectivity index (χ3n) is 7.01. The lowest BCUT2D eigenvalue weighted by atomic mass is 9.63. The predicted molar refractivity (Wildman–Crippen MR) is 96.4 cm³/mol. The standard InChI is InChI=1S/C21H16F6N2O3/c22-20(23,24)9-2-1-3-10(6-9)28(19(32)21(25,26)27)8-29-17(30)15-11-4-5-12(14-7-13(11)14)16(15)18(29)31/h1-6,11-16H,7-8H2/t11-,12-,13-,14+,15+,16-/m1/s1. The van der Waals surface area contributed by atoms with E-state index in [9.17, 15) is 40.7 Å². The van der Waals surface area contributed by atoms with Crippen LogP contribution in [-0.4, -0.2) is 35.5 Å². The van der Waals surface area contributed by atoms with Gasteiger partial charge < -0.3 is 0 Å². The number of carbonyl (C=O) groups is 3. The Labute approximate surface area is 177 Å². The molecule has 0 aromatic heterocycles. The number of hydrogen-bond donors (Lipinski definition) is 0. The Bertz CT molecular complexity index is 1010. The molecule has 5 aliphatic rings. The van der Waals surface area contributed by atoms with Crippen molar-refractivity contribution in [2.24, 2.45) is 35.5 Å². The summed E-state index contributed by atoms with van der Waals surface area (Å²) in [6.07, 6.45) is -5.64. The Hall–Kier alpha value is -2.85. The smallest absolute Gasteiger partial charge is 0.286 e. The van der Waals surface area contributed by atoms with Gasteiger partial charge in [-0.3, -0.25) is 24.2 Å². The van der Waals surface area contributed by atoms with Gasteiger partial charge >= 0.3 is 18.3 Å². The zero-order chi connectivity index (χ0) is 23.2. The molecule has 1 heterocycles. The van der Waals surface area contributed by atoms with Gasteiger partial charge in [0.1, 0.15) is 6.67 Å². The van der Waals surface area contributed by atoms with Crippen LogP contribution in [0.25, 0.3) is 0 Å². The monoisotopic (exact) mass is 458 g/mol. The molecular formula is C21H16F6N2O3. The van der Waals surface area contributed by atoms with Crippen molar-refractivity contribution in [2.75, 3.05) is 11.6 Å². The van der Waals surface area contributed by atoms with Crippen molar-refractivity contribution in [3.05, 3.63) is 42.0 Å². The van der Waals surface area contributed by atoms with E-state index < -0.39 is 59.8 Å². The second-order valence-corrected chi connectivity index (χ2v) is 8.68. The minimum Gasteiger partial charge on any atom is -0.286 e. The van der Waals surface area contributed by atoms with Gasteiger partial charge in [-0.15, -0.1) is 0 Å². The fourth-order valence-corrected chi connectivity index (χ4v) is 5.57. The van der Waals surface area contributed by atoms with Gasteiger partial charge in [0.05, 0.1) is 17.4 Å². The number of benzene rings is 1. The number of anilines is 1. The summed E-state index contributed by atoms with van der Waals surface area (Å²) in [6.45, 7) is -1.10. The first-order chi connectivity index (χ1) is 14.9. The minimum atomic E-state index is -5.42. The third kappa shape index (κ3) is 3.04. The van der Waals surface area contributed by atoms with Crippen LogP contribution < -0.4 is 4.90 Å². The number of halogens is 6. The van der Waals surface area contributed by atoms with E-state index in [1.807, 2.05) is 12.2 Å². The summed E-state index contributed by atoms with van der Waals surface area (Å²) in [6, 6.07) is 2.80. The fourth-order valence-electron chi connectivity index (χ4n) is 5.57. The number of amides is 3. The first kappa shape index (κ1) is 21.0. The van der Waals surface area contributed by atoms with Gasteiger partial charge in [-0.25, -0.2) is 0 Å². The molecule has 0 N–H and O–H groups in total. The number of carbonyl (C=O) groups excluding carboxylic acids is 3. The Balaban J connectivity index is 1.48. The van der Waals surface area contributed by atoms with E-state index in [2.05, 4.69) is 0 Å². The highest BCUT2D eigenvalue weighted by molar-refractivity contribution is 6.07. The molecule has 0 radical (unpaired) electrons. The molecule has 2 bridgehead atoms. The molecule has 170 valence electrons. The van der Waals surface area contributed by atoms with Crippen LogP contribution in [0.5, 0.6) is 0 Å². The molecule has 3 amide bonds. The van der Waals surface area contributed by atoms with Crippen LogP contribution in [0.4, 0.5) is 32.0 Å². The van der Waals surface area contributed by atoms with Gasteiger partial charge in [0.2, 0.25) is 11.8 Å². The molecule has 11 heteroatoms. The van der Waals surface area contributed by atoms with Crippen LogP contribution in [0.2, 0.25) is 0 Å². The van der Waals surface area contributed by atoms with Gasteiger partial charge in [-0.2, -0.15) is 26.3 Å². The average Bonchev–Trinajstić information content (AvgIpc) is 3.50. The Morgan fingerprint density at radius 1 is 0.969 bits per heavy atom. The highest BCUT2D eigenvalue weighted by Gasteiger charge is 2.67. The molecule has 0 unspecified atom stereocenters. The summed E-state index contributed by atoms with van der Waals surface area (Å²) in [5.41, 5.74) is -1.97. The maximum absolute atomic E-state index is 13.3. The van der Waals surface area contributed by atoms with Crippen LogP contribution in [0.1, 0.15) is 12.0 Å². The SMILES string of the molecule is O=C1[C@@H]2[C@@H]3C=C[C@H]([C@H]4C[C@@H]34)[C@@H]2C(=O)N1CN(C(=O)C(F)(F)F)c1cccc(C(F)(F)F)c1. The minimum absolute atomic E-state index is 0.0123. The molecule has 32 heavy (non-hydrogen) atoms. The van der Waals surface area contributed by atoms with E-state index in [-0.39, 0.29) is 28.6 Å². The third-order valence-corrected chi connectivity index (χ3v) is 7.01. The molecule has 1 aromatic rings. The molecule has 0 spiro atoms. The maximum atomic E-state index is 13.3. The molecule has 6 atom stereocenters. The molecule has 3 fully saturated rings. The van der Waals surface area contributed by atoms with E-state index in [0.29, 0.717) is 17.0 Å². The summed E-state index contributed by atoms with van der Waals surface area (Å²) < 4.78 is 79.0. The van der Waals surface area contributed by atoms with Gasteiger partial charge in [-0.1, -0.05) is 18.2 Å². The van der Waals surface area contributed by atoms with Crippen molar-refractivity contribution >= 4 is 23.4 Å². The van der Waals surface area contributed by atoms with E-state index in [4.69, 9.17) is 0 Å². The number of nitrogens with zero attached hydrogens (tertiary/aromatic N) is 2. The molecule has 1 aromatic carbocycles. The lowest BCUT2D eigenvalue weighted by Crippen LogP contribution is -2.49. The van der Waals surface area contributed by atoms with Gasteiger partial charge in [0.25, 0.3) is 0 Å². The Morgan fingerprint density at radius 2 is 1.53 bits per heavy atom. The van der Waals surface area contributed by atoms with Crippen molar-refractivity contribution in [3.8, 4) is 0 Å². The first-order valence-electron chi connectivity index (χ1n) is 9.99. The van der Waals surface area contributed by atoms with Gasteiger partial charge in [0, 0.05) is 5.69 Å². The molecule has 1 aliphatic heterocycles. The Kier molecular flexibility index (Phi) is 4.32. The van der Waals surface area contributed by atoms with Crippen molar-refractivity contribution < 1.29 is 40.7 Å². The maximum Gasteiger partial charge on any atom is 0.471 e. The summed E-state index contributed by atoms with van der Waals surface area (Å²) in [4.78, 5) is 38.8. The first-order valence-corrected chi connectivity index (χ1v) is 9.99. The molecule has 2 saturated carbocycles. The number of alkyl halides is 6. The van der Waals surface area contributed by atoms with Crippen LogP contribution >= 0.6 is 0 Å². The number of imide groups is 1. The van der Waals surface area contributed by atoms with Crippen molar-refractivity contribution in [1.29, 1.82) is 0 Å². The fraction of sp³-hybridized carbons (Fsp3) is 0.476. The summed E-state index contributed by atoms with van der Waals surface area (Å²) in [5, 5.41) is 0. The van der Waals surface area contributed by atoms with Crippen molar-refractivity contribution in [1.82, 2.24) is 4.90 Å². The highest BCUT2D eigenvalue weighted by Crippen LogP contribution is 2.65. The number of likely N-dealkylation sites (tertiary alicyclic amines) is 1. The van der Waals surface area contributed by atoms with E-state index in [0.717, 1.165) is 18.6 Å². The zero-order valence-corrected chi connectivity index (χ0v) is 16.2. The van der Waals surface area contributed by atoms with Crippen LogP contribution in [-0.2, 0) is 20.6 Å². The topological polar surface area (TPSA) is 57.7 Å². The van der Waals surface area contributed by atoms with E-state index >= 15 is 0 Å². The van der Waals surface area contributed by atoms with Gasteiger partial charge in [0.15, 0.2) is 0 Å². The molecule has 4 aliphatic carbocycles. The Morgan fingerprint density at radius 3 is 2.03 bits per heavy atom. The lowest BCUT2D eigenvalue weighted by molar-refractivity contribution is -0.171. The quantitative estimate of drug-likeness (QED) is 0.395. The zero-order valence-electron chi connectivity index (χ0n) is 16.2. The largest absolute Gasteiger partial charge is 0.471 e. The second kappa shape index (κ2) is 6.58. The second-order valence-electron chi connectivity index (χ2n) is 8.68. The number of hydrogen-bond acceptors (Lipinski definition) is 3. The van der Waals surface area contributed by atoms with Crippen LogP contribution in [0.15, 0.2) is 36.4 Å². The number of rotatable bonds is 3. The molecule has 5 nitrogen and oxygen atoms in total.